The van der Waals surface area contributed by atoms with Crippen LogP contribution in [0.5, 0.6) is 0 Å². The minimum absolute atomic E-state index is 0.0155. The normalized spacial score (nSPS) is 10.6. The largest absolute Gasteiger partial charge is 0.351 e. The molecule has 1 heterocycles. The highest BCUT2D eigenvalue weighted by molar-refractivity contribution is 7.17. The number of nitrogens with zero attached hydrogens (tertiary/aromatic N) is 1. The Hall–Kier alpha value is -1.68. The number of aromatic nitrogens is 1. The first kappa shape index (κ1) is 14.7. The van der Waals surface area contributed by atoms with Gasteiger partial charge in [0.05, 0.1) is 5.69 Å². The van der Waals surface area contributed by atoms with Gasteiger partial charge in [-0.3, -0.25) is 4.79 Å². The standard InChI is InChI=1S/C16H20N2OS/c1-4-10-17-15(19)14-11(3)18-16(20-14)13-8-6-12(5-2)7-9-13/h6-9H,4-5,10H2,1-3H3,(H,17,19). The van der Waals surface area contributed by atoms with Gasteiger partial charge in [0.15, 0.2) is 0 Å². The molecule has 1 amide bonds. The average molecular weight is 288 g/mol. The van der Waals surface area contributed by atoms with E-state index in [1.807, 2.05) is 13.8 Å². The van der Waals surface area contributed by atoms with Crippen molar-refractivity contribution >= 4 is 17.2 Å². The summed E-state index contributed by atoms with van der Waals surface area (Å²) in [5, 5.41) is 3.81. The van der Waals surface area contributed by atoms with Gasteiger partial charge in [0.2, 0.25) is 0 Å². The molecule has 1 aromatic carbocycles. The Morgan fingerprint density at radius 3 is 2.55 bits per heavy atom. The van der Waals surface area contributed by atoms with Crippen molar-refractivity contribution in [3.05, 3.63) is 40.4 Å². The van der Waals surface area contributed by atoms with Crippen LogP contribution in [0.2, 0.25) is 0 Å². The third-order valence-electron chi connectivity index (χ3n) is 3.15. The molecular weight excluding hydrogens is 268 g/mol. The predicted molar refractivity (Wildman–Crippen MR) is 84.3 cm³/mol. The van der Waals surface area contributed by atoms with Gasteiger partial charge in [0.1, 0.15) is 9.88 Å². The van der Waals surface area contributed by atoms with E-state index >= 15 is 0 Å². The van der Waals surface area contributed by atoms with Crippen LogP contribution in [0, 0.1) is 6.92 Å². The van der Waals surface area contributed by atoms with Crippen molar-refractivity contribution in [1.29, 1.82) is 0 Å². The van der Waals surface area contributed by atoms with E-state index in [2.05, 4.69) is 41.5 Å². The molecule has 0 saturated heterocycles. The second-order valence-corrected chi connectivity index (χ2v) is 5.74. The lowest BCUT2D eigenvalue weighted by Crippen LogP contribution is -2.23. The number of rotatable bonds is 5. The summed E-state index contributed by atoms with van der Waals surface area (Å²) < 4.78 is 0. The molecule has 0 saturated carbocycles. The van der Waals surface area contributed by atoms with E-state index in [1.165, 1.54) is 16.9 Å². The van der Waals surface area contributed by atoms with E-state index in [0.29, 0.717) is 11.4 Å². The lowest BCUT2D eigenvalue weighted by molar-refractivity contribution is 0.0957. The van der Waals surface area contributed by atoms with E-state index < -0.39 is 0 Å². The SMILES string of the molecule is CCCNC(=O)c1sc(-c2ccc(CC)cc2)nc1C. The zero-order valence-corrected chi connectivity index (χ0v) is 13.0. The van der Waals surface area contributed by atoms with Gasteiger partial charge < -0.3 is 5.32 Å². The number of carbonyl (C=O) groups excluding carboxylic acids is 1. The predicted octanol–water partition coefficient (Wildman–Crippen LogP) is 3.82. The second kappa shape index (κ2) is 6.66. The lowest BCUT2D eigenvalue weighted by atomic mass is 10.1. The average Bonchev–Trinajstić information content (AvgIpc) is 2.87. The van der Waals surface area contributed by atoms with Crippen molar-refractivity contribution in [3.63, 3.8) is 0 Å². The fourth-order valence-corrected chi connectivity index (χ4v) is 2.92. The molecule has 0 radical (unpaired) electrons. The molecular formula is C16H20N2OS. The number of hydrogen-bond acceptors (Lipinski definition) is 3. The third kappa shape index (κ3) is 3.25. The van der Waals surface area contributed by atoms with Crippen molar-refractivity contribution in [2.75, 3.05) is 6.54 Å². The molecule has 4 heteroatoms. The number of thiazole rings is 1. The number of nitrogens with one attached hydrogen (secondary N) is 1. The van der Waals surface area contributed by atoms with E-state index in [4.69, 9.17) is 0 Å². The summed E-state index contributed by atoms with van der Waals surface area (Å²) in [6.07, 6.45) is 1.97. The number of amides is 1. The topological polar surface area (TPSA) is 42.0 Å². The van der Waals surface area contributed by atoms with Gasteiger partial charge in [-0.2, -0.15) is 0 Å². The molecule has 1 N–H and O–H groups in total. The Balaban J connectivity index is 2.23. The Kier molecular flexibility index (Phi) is 4.90. The Morgan fingerprint density at radius 1 is 1.25 bits per heavy atom. The van der Waals surface area contributed by atoms with Gasteiger partial charge in [0.25, 0.3) is 5.91 Å². The summed E-state index contributed by atoms with van der Waals surface area (Å²) in [7, 11) is 0. The van der Waals surface area contributed by atoms with Crippen molar-refractivity contribution in [3.8, 4) is 10.6 Å². The highest BCUT2D eigenvalue weighted by Gasteiger charge is 2.15. The van der Waals surface area contributed by atoms with Crippen LogP contribution in [-0.4, -0.2) is 17.4 Å². The Labute approximate surface area is 124 Å². The highest BCUT2D eigenvalue weighted by Crippen LogP contribution is 2.28. The molecule has 2 aromatic rings. The summed E-state index contributed by atoms with van der Waals surface area (Å²) in [5.41, 5.74) is 3.19. The van der Waals surface area contributed by atoms with Crippen LogP contribution in [0.1, 0.15) is 41.2 Å². The summed E-state index contributed by atoms with van der Waals surface area (Å²) >= 11 is 1.46. The maximum atomic E-state index is 12.0. The molecule has 20 heavy (non-hydrogen) atoms. The molecule has 0 aliphatic rings. The molecule has 3 nitrogen and oxygen atoms in total. The molecule has 0 fully saturated rings. The fourth-order valence-electron chi connectivity index (χ4n) is 1.93. The van der Waals surface area contributed by atoms with Crippen LogP contribution in [-0.2, 0) is 6.42 Å². The van der Waals surface area contributed by atoms with Crippen molar-refractivity contribution in [2.45, 2.75) is 33.6 Å². The van der Waals surface area contributed by atoms with Crippen LogP contribution in [0.15, 0.2) is 24.3 Å². The second-order valence-electron chi connectivity index (χ2n) is 4.74. The molecule has 2 rings (SSSR count). The Bertz CT molecular complexity index is 587. The van der Waals surface area contributed by atoms with E-state index in [0.717, 1.165) is 29.1 Å². The smallest absolute Gasteiger partial charge is 0.263 e. The van der Waals surface area contributed by atoms with Crippen LogP contribution >= 0.6 is 11.3 Å². The van der Waals surface area contributed by atoms with Gasteiger partial charge >= 0.3 is 0 Å². The maximum absolute atomic E-state index is 12.0. The lowest BCUT2D eigenvalue weighted by Gasteiger charge is -2.00. The summed E-state index contributed by atoms with van der Waals surface area (Å²) in [4.78, 5) is 17.3. The van der Waals surface area contributed by atoms with Crippen LogP contribution in [0.4, 0.5) is 0 Å². The van der Waals surface area contributed by atoms with Crippen molar-refractivity contribution in [2.24, 2.45) is 0 Å². The minimum atomic E-state index is -0.0155. The van der Waals surface area contributed by atoms with E-state index in [9.17, 15) is 4.79 Å². The number of carbonyl (C=O) groups is 1. The first-order valence-corrected chi connectivity index (χ1v) is 7.82. The van der Waals surface area contributed by atoms with Crippen LogP contribution < -0.4 is 5.32 Å². The molecule has 0 aliphatic carbocycles. The summed E-state index contributed by atoms with van der Waals surface area (Å²) in [6, 6.07) is 8.38. The van der Waals surface area contributed by atoms with Crippen LogP contribution in [0.3, 0.4) is 0 Å². The number of hydrogen-bond donors (Lipinski definition) is 1. The van der Waals surface area contributed by atoms with Gasteiger partial charge in [0, 0.05) is 12.1 Å². The van der Waals surface area contributed by atoms with Gasteiger partial charge in [-0.25, -0.2) is 4.98 Å². The quantitative estimate of drug-likeness (QED) is 0.908. The van der Waals surface area contributed by atoms with Crippen molar-refractivity contribution in [1.82, 2.24) is 10.3 Å². The summed E-state index contributed by atoms with van der Waals surface area (Å²) in [5.74, 6) is -0.0155. The fraction of sp³-hybridized carbons (Fsp3) is 0.375. The van der Waals surface area contributed by atoms with Gasteiger partial charge in [-0.15, -0.1) is 11.3 Å². The Morgan fingerprint density at radius 2 is 1.95 bits per heavy atom. The van der Waals surface area contributed by atoms with Gasteiger partial charge in [-0.1, -0.05) is 38.1 Å². The molecule has 0 aliphatic heterocycles. The molecule has 1 aromatic heterocycles. The third-order valence-corrected chi connectivity index (χ3v) is 4.35. The van der Waals surface area contributed by atoms with Crippen molar-refractivity contribution < 1.29 is 4.79 Å². The highest BCUT2D eigenvalue weighted by atomic mass is 32.1. The molecule has 106 valence electrons. The zero-order valence-electron chi connectivity index (χ0n) is 12.2. The number of aryl methyl sites for hydroxylation is 2. The summed E-state index contributed by atoms with van der Waals surface area (Å²) in [6.45, 7) is 6.78. The first-order chi connectivity index (χ1) is 9.65. The maximum Gasteiger partial charge on any atom is 0.263 e. The zero-order chi connectivity index (χ0) is 14.5. The molecule has 0 bridgehead atoms. The molecule has 0 atom stereocenters. The monoisotopic (exact) mass is 288 g/mol. The molecule has 0 spiro atoms. The van der Waals surface area contributed by atoms with E-state index in [-0.39, 0.29) is 5.91 Å². The van der Waals surface area contributed by atoms with Crippen LogP contribution in [0.25, 0.3) is 10.6 Å². The molecule has 0 unspecified atom stereocenters. The van der Waals surface area contributed by atoms with E-state index in [1.54, 1.807) is 0 Å². The van der Waals surface area contributed by atoms with Gasteiger partial charge in [-0.05, 0) is 25.3 Å². The first-order valence-electron chi connectivity index (χ1n) is 7.00. The number of benzene rings is 1. The minimum Gasteiger partial charge on any atom is -0.351 e.